The van der Waals surface area contributed by atoms with Crippen LogP contribution in [0, 0.1) is 0 Å². The van der Waals surface area contributed by atoms with Crippen molar-refractivity contribution in [2.75, 3.05) is 66.1 Å². The molecule has 2 heterocycles. The highest BCUT2D eigenvalue weighted by molar-refractivity contribution is 6.42. The smallest absolute Gasteiger partial charge is 0.416 e. The first-order valence-electron chi connectivity index (χ1n) is 20.8. The number of likely N-dealkylation sites (N-methyl/N-ethyl adjacent to an activating group) is 1. The molecule has 3 aromatic rings. The van der Waals surface area contributed by atoms with Crippen molar-refractivity contribution >= 4 is 41.1 Å². The fourth-order valence-corrected chi connectivity index (χ4v) is 9.43. The van der Waals surface area contributed by atoms with E-state index < -0.39 is 52.2 Å². The molecule has 0 aromatic heterocycles. The molecule has 2 saturated heterocycles. The van der Waals surface area contributed by atoms with Gasteiger partial charge in [0.2, 0.25) is 5.91 Å². The number of carboxylic acid groups (broad SMARTS) is 1. The zero-order valence-corrected chi connectivity index (χ0v) is 37.1. The van der Waals surface area contributed by atoms with Gasteiger partial charge in [-0.05, 0) is 113 Å². The van der Waals surface area contributed by atoms with E-state index >= 15 is 0 Å². The third-order valence-electron chi connectivity index (χ3n) is 12.7. The number of morpholine rings is 1. The standard InChI is InChI=1S/C45H52Cl2F6N4O6/c1-41(2,3)57(40(60)61)16-7-15-54(4)38(58)27-62-37-24-29-8-5-6-9-34(29)42(37)12-17-55(18-13-42)19-14-43(31-10-11-35(46)36(47)26-31)28-56(20-21-63-43)39(59)30-22-32(44(48,49)50)25-33(23-30)45(51,52)53/h5-6,8-11,22-23,25-26,37H,7,12-21,24,27-28H2,1-4H3,(H,60,61)/t37-,43-/m0/s1. The number of piperidine rings is 1. The molecule has 3 amide bonds. The van der Waals surface area contributed by atoms with Crippen molar-refractivity contribution in [1.82, 2.24) is 19.6 Å². The van der Waals surface area contributed by atoms with E-state index in [1.807, 2.05) is 32.9 Å². The number of alkyl halides is 6. The van der Waals surface area contributed by atoms with E-state index in [2.05, 4.69) is 17.0 Å². The fraction of sp³-hybridized carbons (Fsp3) is 0.533. The van der Waals surface area contributed by atoms with Gasteiger partial charge in [0.25, 0.3) is 5.91 Å². The summed E-state index contributed by atoms with van der Waals surface area (Å²) >= 11 is 12.7. The summed E-state index contributed by atoms with van der Waals surface area (Å²) in [6.07, 6.45) is -8.79. The summed E-state index contributed by atoms with van der Waals surface area (Å²) in [6.45, 7) is 7.34. The van der Waals surface area contributed by atoms with Gasteiger partial charge in [-0.3, -0.25) is 9.59 Å². The predicted molar refractivity (Wildman–Crippen MR) is 225 cm³/mol. The summed E-state index contributed by atoms with van der Waals surface area (Å²) < 4.78 is 95.4. The number of benzene rings is 3. The van der Waals surface area contributed by atoms with Gasteiger partial charge in [0.15, 0.2) is 0 Å². The van der Waals surface area contributed by atoms with E-state index in [9.17, 15) is 45.8 Å². The van der Waals surface area contributed by atoms with E-state index in [0.717, 1.165) is 5.56 Å². The number of hydrogen-bond donors (Lipinski definition) is 1. The Morgan fingerprint density at radius 3 is 2.14 bits per heavy atom. The Balaban J connectivity index is 1.15. The molecule has 344 valence electrons. The van der Waals surface area contributed by atoms with E-state index in [4.69, 9.17) is 32.7 Å². The lowest BCUT2D eigenvalue weighted by molar-refractivity contribution is -0.143. The zero-order valence-electron chi connectivity index (χ0n) is 35.6. The molecule has 0 bridgehead atoms. The maximum absolute atomic E-state index is 13.9. The van der Waals surface area contributed by atoms with Crippen LogP contribution in [0.4, 0.5) is 31.1 Å². The molecule has 1 N–H and O–H groups in total. The van der Waals surface area contributed by atoms with E-state index in [-0.39, 0.29) is 72.8 Å². The maximum atomic E-state index is 13.9. The number of likely N-dealkylation sites (tertiary alicyclic amines) is 1. The van der Waals surface area contributed by atoms with E-state index in [0.29, 0.717) is 69.6 Å². The number of carbonyl (C=O) groups excluding carboxylic acids is 2. The number of carbonyl (C=O) groups is 3. The van der Waals surface area contributed by atoms with Gasteiger partial charge < -0.3 is 34.2 Å². The number of halogens is 8. The first-order chi connectivity index (χ1) is 29.4. The largest absolute Gasteiger partial charge is 0.465 e. The molecule has 1 spiro atoms. The molecule has 3 aliphatic rings. The lowest BCUT2D eigenvalue weighted by Crippen LogP contribution is -2.54. The summed E-state index contributed by atoms with van der Waals surface area (Å²) in [7, 11) is 1.68. The molecule has 2 fully saturated rings. The first-order valence-corrected chi connectivity index (χ1v) is 21.5. The molecule has 2 atom stereocenters. The molecular weight excluding hydrogens is 877 g/mol. The highest BCUT2D eigenvalue weighted by Gasteiger charge is 2.50. The molecule has 3 aromatic carbocycles. The predicted octanol–water partition coefficient (Wildman–Crippen LogP) is 9.39. The fourth-order valence-electron chi connectivity index (χ4n) is 9.14. The molecule has 0 unspecified atom stereocenters. The lowest BCUT2D eigenvalue weighted by atomic mass is 9.72. The third-order valence-corrected chi connectivity index (χ3v) is 13.4. The summed E-state index contributed by atoms with van der Waals surface area (Å²) in [6, 6.07) is 13.9. The molecular formula is C45H52Cl2F6N4O6. The molecule has 6 rings (SSSR count). The van der Waals surface area contributed by atoms with Gasteiger partial charge in [-0.25, -0.2) is 4.79 Å². The maximum Gasteiger partial charge on any atom is 0.416 e. The van der Waals surface area contributed by atoms with Crippen LogP contribution in [0.15, 0.2) is 60.7 Å². The summed E-state index contributed by atoms with van der Waals surface area (Å²) in [5.41, 5.74) is -3.25. The van der Waals surface area contributed by atoms with Gasteiger partial charge in [0, 0.05) is 49.7 Å². The number of rotatable bonds is 12. The average Bonchev–Trinajstić information content (AvgIpc) is 3.52. The number of ether oxygens (including phenoxy) is 2. The van der Waals surface area contributed by atoms with Crippen molar-refractivity contribution < 1.29 is 55.3 Å². The van der Waals surface area contributed by atoms with Crippen molar-refractivity contribution in [3.05, 3.63) is 104 Å². The van der Waals surface area contributed by atoms with Crippen LogP contribution in [0.3, 0.4) is 0 Å². The van der Waals surface area contributed by atoms with Crippen LogP contribution in [0.1, 0.15) is 84.6 Å². The van der Waals surface area contributed by atoms with Gasteiger partial charge in [-0.2, -0.15) is 26.3 Å². The van der Waals surface area contributed by atoms with Crippen molar-refractivity contribution in [1.29, 1.82) is 0 Å². The SMILES string of the molecule is CN(CCCN(C(=O)O)C(C)(C)C)C(=O)CO[C@H]1Cc2ccccc2C12CCN(CC[C@@]1(c3ccc(Cl)c(Cl)c3)CN(C(=O)c3cc(C(F)(F)F)cc(C(F)(F)F)c3)CCO1)CC2. The second kappa shape index (κ2) is 18.8. The Kier molecular flexibility index (Phi) is 14.4. The van der Waals surface area contributed by atoms with Crippen molar-refractivity contribution in [2.45, 2.75) is 87.9 Å². The molecule has 10 nitrogen and oxygen atoms in total. The van der Waals surface area contributed by atoms with Crippen LogP contribution in [0.25, 0.3) is 0 Å². The highest BCUT2D eigenvalue weighted by Crippen LogP contribution is 2.48. The van der Waals surface area contributed by atoms with E-state index in [1.165, 1.54) is 15.4 Å². The van der Waals surface area contributed by atoms with Crippen LogP contribution in [-0.4, -0.2) is 120 Å². The number of hydrogen-bond acceptors (Lipinski definition) is 6. The second-order valence-electron chi connectivity index (χ2n) is 17.7. The number of fused-ring (bicyclic) bond motifs is 2. The van der Waals surface area contributed by atoms with Gasteiger partial charge in [0.1, 0.15) is 12.2 Å². The molecule has 18 heteroatoms. The third kappa shape index (κ3) is 10.9. The Morgan fingerprint density at radius 1 is 0.889 bits per heavy atom. The topological polar surface area (TPSA) is 103 Å². The molecule has 1 aliphatic carbocycles. The monoisotopic (exact) mass is 928 g/mol. The van der Waals surface area contributed by atoms with Crippen molar-refractivity contribution in [3.8, 4) is 0 Å². The average molecular weight is 930 g/mol. The van der Waals surface area contributed by atoms with Gasteiger partial charge in [-0.15, -0.1) is 0 Å². The molecule has 0 radical (unpaired) electrons. The summed E-state index contributed by atoms with van der Waals surface area (Å²) in [4.78, 5) is 45.3. The Bertz CT molecular complexity index is 2130. The Hall–Kier alpha value is -4.09. The molecule has 0 saturated carbocycles. The zero-order chi connectivity index (χ0) is 46.1. The van der Waals surface area contributed by atoms with Gasteiger partial charge >= 0.3 is 18.4 Å². The second-order valence-corrected chi connectivity index (χ2v) is 18.5. The van der Waals surface area contributed by atoms with E-state index in [1.54, 1.807) is 30.1 Å². The quantitative estimate of drug-likeness (QED) is 0.181. The van der Waals surface area contributed by atoms with Gasteiger partial charge in [0.05, 0.1) is 40.4 Å². The van der Waals surface area contributed by atoms with Crippen LogP contribution in [0.2, 0.25) is 10.0 Å². The van der Waals surface area contributed by atoms with Crippen LogP contribution >= 0.6 is 23.2 Å². The normalized spacial score (nSPS) is 20.4. The highest BCUT2D eigenvalue weighted by atomic mass is 35.5. The van der Waals surface area contributed by atoms with Gasteiger partial charge in [-0.1, -0.05) is 53.5 Å². The van der Waals surface area contributed by atoms with Crippen molar-refractivity contribution in [2.24, 2.45) is 0 Å². The first kappa shape index (κ1) is 48.4. The minimum Gasteiger partial charge on any atom is -0.465 e. The minimum absolute atomic E-state index is 0.00843. The lowest BCUT2D eigenvalue weighted by Gasteiger charge is -2.46. The number of nitrogens with zero attached hydrogens (tertiary/aromatic N) is 4. The Labute approximate surface area is 373 Å². The van der Waals surface area contributed by atoms with Crippen LogP contribution in [-0.2, 0) is 44.1 Å². The van der Waals surface area contributed by atoms with Crippen molar-refractivity contribution in [3.63, 3.8) is 0 Å². The Morgan fingerprint density at radius 2 is 1.54 bits per heavy atom. The van der Waals surface area contributed by atoms with Crippen LogP contribution in [0.5, 0.6) is 0 Å². The number of amides is 3. The molecule has 63 heavy (non-hydrogen) atoms. The summed E-state index contributed by atoms with van der Waals surface area (Å²) in [5, 5.41) is 10.1. The summed E-state index contributed by atoms with van der Waals surface area (Å²) in [5.74, 6) is -1.21. The molecule has 2 aliphatic heterocycles. The minimum atomic E-state index is -5.13. The van der Waals surface area contributed by atoms with Crippen LogP contribution < -0.4 is 0 Å².